The van der Waals surface area contributed by atoms with Crippen molar-refractivity contribution in [3.63, 3.8) is 0 Å². The van der Waals surface area contributed by atoms with E-state index in [1.807, 2.05) is 0 Å². The van der Waals surface area contributed by atoms with Crippen molar-refractivity contribution in [3.05, 3.63) is 23.4 Å². The molecule has 2 atom stereocenters. The second-order valence-electron chi connectivity index (χ2n) is 9.15. The van der Waals surface area contributed by atoms with E-state index >= 15 is 0 Å². The van der Waals surface area contributed by atoms with Crippen molar-refractivity contribution < 1.29 is 4.52 Å². The topological polar surface area (TPSA) is 72.9 Å². The summed E-state index contributed by atoms with van der Waals surface area (Å²) in [7, 11) is 0. The van der Waals surface area contributed by atoms with Crippen molar-refractivity contribution >= 4 is 0 Å². The lowest BCUT2D eigenvalue weighted by Gasteiger charge is -2.35. The van der Waals surface area contributed by atoms with E-state index in [4.69, 9.17) is 4.52 Å². The maximum absolute atomic E-state index is 5.60. The van der Waals surface area contributed by atoms with Gasteiger partial charge in [-0.3, -0.25) is 4.90 Å². The quantitative estimate of drug-likeness (QED) is 0.819. The molecule has 0 radical (unpaired) electrons. The molecule has 0 aliphatic carbocycles. The van der Waals surface area contributed by atoms with Crippen molar-refractivity contribution in [3.8, 4) is 0 Å². The van der Waals surface area contributed by atoms with Crippen LogP contribution >= 0.6 is 0 Å². The van der Waals surface area contributed by atoms with Crippen LogP contribution in [0.25, 0.3) is 0 Å². The minimum Gasteiger partial charge on any atom is -0.338 e. The average molecular weight is 373 g/mol. The summed E-state index contributed by atoms with van der Waals surface area (Å²) in [6.07, 6.45) is 7.18. The predicted molar refractivity (Wildman–Crippen MR) is 103 cm³/mol. The fourth-order valence-electron chi connectivity index (χ4n) is 4.24. The highest BCUT2D eigenvalue weighted by Gasteiger charge is 2.32. The van der Waals surface area contributed by atoms with Crippen LogP contribution in [-0.4, -0.2) is 42.9 Å². The first-order valence-corrected chi connectivity index (χ1v) is 10.4. The fraction of sp³-hybridized carbons (Fsp3) is 0.800. The zero-order valence-corrected chi connectivity index (χ0v) is 17.1. The zero-order valence-electron chi connectivity index (χ0n) is 17.1. The van der Waals surface area contributed by atoms with Crippen LogP contribution in [0, 0.1) is 0 Å². The van der Waals surface area contributed by atoms with E-state index < -0.39 is 0 Å². The number of hydrogen-bond donors (Lipinski definition) is 0. The molecule has 148 valence electrons. The molecule has 0 unspecified atom stereocenters. The van der Waals surface area contributed by atoms with Gasteiger partial charge in [0.1, 0.15) is 11.6 Å². The van der Waals surface area contributed by atoms with E-state index in [9.17, 15) is 0 Å². The lowest BCUT2D eigenvalue weighted by Crippen LogP contribution is -2.37. The summed E-state index contributed by atoms with van der Waals surface area (Å²) in [5, 5.41) is 13.3. The molecule has 2 aromatic heterocycles. The number of piperidine rings is 1. The Hall–Kier alpha value is -1.76. The maximum Gasteiger partial charge on any atom is 0.243 e. The van der Waals surface area contributed by atoms with Crippen LogP contribution in [0.4, 0.5) is 0 Å². The molecule has 7 heteroatoms. The van der Waals surface area contributed by atoms with Crippen LogP contribution in [0.3, 0.4) is 0 Å². The van der Waals surface area contributed by atoms with Gasteiger partial charge in [0.15, 0.2) is 5.82 Å². The van der Waals surface area contributed by atoms with E-state index in [0.717, 1.165) is 44.2 Å². The van der Waals surface area contributed by atoms with Crippen LogP contribution < -0.4 is 0 Å². The number of nitrogens with zero attached hydrogens (tertiary/aromatic N) is 6. The second-order valence-corrected chi connectivity index (χ2v) is 9.15. The normalized spacial score (nSPS) is 23.0. The van der Waals surface area contributed by atoms with Gasteiger partial charge in [0.05, 0.1) is 6.04 Å². The Bertz CT molecular complexity index is 774. The van der Waals surface area contributed by atoms with Crippen LogP contribution in [0.1, 0.15) is 95.1 Å². The van der Waals surface area contributed by atoms with Crippen LogP contribution in [0.2, 0.25) is 0 Å². The summed E-state index contributed by atoms with van der Waals surface area (Å²) < 4.78 is 8.00. The molecule has 1 saturated heterocycles. The molecule has 2 aliphatic heterocycles. The summed E-state index contributed by atoms with van der Waals surface area (Å²) in [6, 6.07) is 0.128. The lowest BCUT2D eigenvalue weighted by molar-refractivity contribution is 0.129. The van der Waals surface area contributed by atoms with Gasteiger partial charge in [-0.1, -0.05) is 32.3 Å². The summed E-state index contributed by atoms with van der Waals surface area (Å²) in [4.78, 5) is 7.14. The van der Waals surface area contributed by atoms with Gasteiger partial charge in [0.2, 0.25) is 5.89 Å². The maximum atomic E-state index is 5.60. The third-order valence-corrected chi connectivity index (χ3v) is 5.97. The number of aryl methyl sites for hydroxylation is 1. The Balaban J connectivity index is 1.50. The summed E-state index contributed by atoms with van der Waals surface area (Å²) in [5.41, 5.74) is -0.0923. The fourth-order valence-corrected chi connectivity index (χ4v) is 4.24. The van der Waals surface area contributed by atoms with E-state index in [0.29, 0.717) is 5.92 Å². The monoisotopic (exact) mass is 372 g/mol. The van der Waals surface area contributed by atoms with Crippen molar-refractivity contribution in [1.82, 2.24) is 29.8 Å². The third-order valence-electron chi connectivity index (χ3n) is 5.97. The molecule has 2 aliphatic rings. The van der Waals surface area contributed by atoms with Crippen LogP contribution in [0.5, 0.6) is 0 Å². The molecule has 0 N–H and O–H groups in total. The van der Waals surface area contributed by atoms with Gasteiger partial charge < -0.3 is 9.09 Å². The first-order valence-electron chi connectivity index (χ1n) is 10.4. The van der Waals surface area contributed by atoms with Crippen molar-refractivity contribution in [2.75, 3.05) is 13.1 Å². The van der Waals surface area contributed by atoms with Crippen molar-refractivity contribution in [2.24, 2.45) is 0 Å². The number of hydrogen-bond acceptors (Lipinski definition) is 6. The zero-order chi connectivity index (χ0) is 19.0. The minimum atomic E-state index is -0.0923. The van der Waals surface area contributed by atoms with Gasteiger partial charge in [-0.2, -0.15) is 4.98 Å². The molecular weight excluding hydrogens is 340 g/mol. The molecule has 0 bridgehead atoms. The first kappa shape index (κ1) is 18.6. The molecular formula is C20H32N6O. The van der Waals surface area contributed by atoms with E-state index in [1.54, 1.807) is 0 Å². The molecule has 4 rings (SSSR count). The summed E-state index contributed by atoms with van der Waals surface area (Å²) in [6.45, 7) is 11.6. The van der Waals surface area contributed by atoms with Gasteiger partial charge >= 0.3 is 0 Å². The molecule has 27 heavy (non-hydrogen) atoms. The Morgan fingerprint density at radius 3 is 2.70 bits per heavy atom. The summed E-state index contributed by atoms with van der Waals surface area (Å²) in [5.74, 6) is 4.30. The molecule has 0 spiro atoms. The number of rotatable bonds is 3. The molecule has 0 aromatic carbocycles. The number of fused-ring (bicyclic) bond motifs is 1. The first-order chi connectivity index (χ1) is 12.9. The largest absolute Gasteiger partial charge is 0.338 e. The molecule has 2 aromatic rings. The highest BCUT2D eigenvalue weighted by molar-refractivity contribution is 5.07. The number of aromatic nitrogens is 5. The molecule has 0 amide bonds. The number of likely N-dealkylation sites (tertiary alicyclic amines) is 1. The van der Waals surface area contributed by atoms with Crippen LogP contribution in [0.15, 0.2) is 4.52 Å². The lowest BCUT2D eigenvalue weighted by atomic mass is 9.95. The van der Waals surface area contributed by atoms with E-state index in [-0.39, 0.29) is 11.5 Å². The van der Waals surface area contributed by atoms with Crippen LogP contribution in [-0.2, 0) is 18.4 Å². The van der Waals surface area contributed by atoms with Gasteiger partial charge in [-0.05, 0) is 39.2 Å². The molecule has 7 nitrogen and oxygen atoms in total. The highest BCUT2D eigenvalue weighted by atomic mass is 16.5. The highest BCUT2D eigenvalue weighted by Crippen LogP contribution is 2.32. The van der Waals surface area contributed by atoms with E-state index in [1.165, 1.54) is 37.3 Å². The van der Waals surface area contributed by atoms with Gasteiger partial charge in [-0.15, -0.1) is 10.2 Å². The SMILES string of the molecule is C[C@H](c1nc(C(C)(C)C)no1)N1CCC[C@H](c2nnc3n2CCCCC3)C1. The molecule has 1 fully saturated rings. The second kappa shape index (κ2) is 7.34. The minimum absolute atomic E-state index is 0.0923. The molecule has 0 saturated carbocycles. The standard InChI is InChI=1S/C20H32N6O/c1-14(18-21-19(24-27-18)20(2,3)4)25-11-8-9-15(13-25)17-23-22-16-10-6-5-7-12-26(16)17/h14-15H,5-13H2,1-4H3/t14-,15+/m1/s1. The van der Waals surface area contributed by atoms with Gasteiger partial charge in [0.25, 0.3) is 0 Å². The Kier molecular flexibility index (Phi) is 5.05. The Morgan fingerprint density at radius 2 is 1.93 bits per heavy atom. The Labute approximate surface area is 161 Å². The Morgan fingerprint density at radius 1 is 1.07 bits per heavy atom. The van der Waals surface area contributed by atoms with Gasteiger partial charge in [0, 0.05) is 30.8 Å². The summed E-state index contributed by atoms with van der Waals surface area (Å²) >= 11 is 0. The predicted octanol–water partition coefficient (Wildman–Crippen LogP) is 3.63. The smallest absolute Gasteiger partial charge is 0.243 e. The molecule has 4 heterocycles. The van der Waals surface area contributed by atoms with E-state index in [2.05, 4.69) is 57.5 Å². The average Bonchev–Trinajstić information content (AvgIpc) is 3.23. The van der Waals surface area contributed by atoms with Crippen molar-refractivity contribution in [1.29, 1.82) is 0 Å². The van der Waals surface area contributed by atoms with Crippen molar-refractivity contribution in [2.45, 2.75) is 90.1 Å². The third kappa shape index (κ3) is 3.79. The van der Waals surface area contributed by atoms with Gasteiger partial charge in [-0.25, -0.2) is 0 Å².